The molecule has 156 valence electrons. The average Bonchev–Trinajstić information content (AvgIpc) is 2.66. The minimum absolute atomic E-state index is 0.0561. The Morgan fingerprint density at radius 2 is 1.61 bits per heavy atom. The molecule has 1 amide bonds. The van der Waals surface area contributed by atoms with E-state index in [0.717, 1.165) is 5.56 Å². The Morgan fingerprint density at radius 1 is 1.04 bits per heavy atom. The molecule has 0 aromatic heterocycles. The third-order valence-corrected chi connectivity index (χ3v) is 7.39. The highest BCUT2D eigenvalue weighted by atomic mass is 35.5. The lowest BCUT2D eigenvalue weighted by molar-refractivity contribution is -0.132. The van der Waals surface area contributed by atoms with Gasteiger partial charge in [-0.15, -0.1) is 0 Å². The molecule has 7 nitrogen and oxygen atoms in total. The van der Waals surface area contributed by atoms with Crippen LogP contribution in [-0.4, -0.2) is 79.3 Å². The van der Waals surface area contributed by atoms with Gasteiger partial charge >= 0.3 is 0 Å². The Morgan fingerprint density at radius 3 is 2.18 bits per heavy atom. The van der Waals surface area contributed by atoms with E-state index in [1.54, 1.807) is 4.90 Å². The zero-order valence-electron chi connectivity index (χ0n) is 16.4. The topological polar surface area (TPSA) is 70.2 Å². The fourth-order valence-corrected chi connectivity index (χ4v) is 5.59. The van der Waals surface area contributed by atoms with Crippen molar-refractivity contribution in [1.29, 1.82) is 0 Å². The van der Waals surface area contributed by atoms with Crippen LogP contribution < -0.4 is 0 Å². The van der Waals surface area contributed by atoms with Gasteiger partial charge < -0.3 is 9.64 Å². The standard InChI is InChI=1S/C19H28ClN3O4S/c1-15-13-23(14-16(2)27-15)28(25,26)22-11-9-21(10-12-22)19(24)8-5-17-3-6-18(20)7-4-17/h3-4,6-7,15-16H,5,8-14H2,1-2H3/t15-,16+. The Hall–Kier alpha value is -1.19. The summed E-state index contributed by atoms with van der Waals surface area (Å²) >= 11 is 5.88. The van der Waals surface area contributed by atoms with E-state index in [1.165, 1.54) is 8.61 Å². The SMILES string of the molecule is C[C@@H]1CN(S(=O)(=O)N2CCN(C(=O)CCc3ccc(Cl)cc3)CC2)C[C@H](C)O1. The van der Waals surface area contributed by atoms with E-state index >= 15 is 0 Å². The van der Waals surface area contributed by atoms with Crippen LogP contribution in [-0.2, 0) is 26.2 Å². The van der Waals surface area contributed by atoms with Crippen LogP contribution in [0.5, 0.6) is 0 Å². The van der Waals surface area contributed by atoms with Gasteiger partial charge in [0.1, 0.15) is 0 Å². The summed E-state index contributed by atoms with van der Waals surface area (Å²) in [6.07, 6.45) is 0.828. The Bertz CT molecular complexity index is 769. The maximum absolute atomic E-state index is 12.9. The summed E-state index contributed by atoms with van der Waals surface area (Å²) in [5.41, 5.74) is 1.06. The van der Waals surface area contributed by atoms with Gasteiger partial charge in [-0.05, 0) is 38.0 Å². The summed E-state index contributed by atoms with van der Waals surface area (Å²) in [6, 6.07) is 7.48. The van der Waals surface area contributed by atoms with Crippen molar-refractivity contribution in [3.05, 3.63) is 34.9 Å². The molecule has 2 aliphatic heterocycles. The van der Waals surface area contributed by atoms with Gasteiger partial charge in [0.2, 0.25) is 5.91 Å². The Labute approximate surface area is 172 Å². The van der Waals surface area contributed by atoms with Crippen LogP contribution in [0, 0.1) is 0 Å². The van der Waals surface area contributed by atoms with E-state index in [4.69, 9.17) is 16.3 Å². The molecule has 0 bridgehead atoms. The first-order chi connectivity index (χ1) is 13.3. The Balaban J connectivity index is 1.50. The summed E-state index contributed by atoms with van der Waals surface area (Å²) in [5.74, 6) is 0.0561. The Kier molecular flexibility index (Phi) is 6.98. The number of benzene rings is 1. The molecule has 0 N–H and O–H groups in total. The molecule has 1 aromatic rings. The first-order valence-corrected chi connectivity index (χ1v) is 11.5. The van der Waals surface area contributed by atoms with Crippen molar-refractivity contribution in [1.82, 2.24) is 13.5 Å². The summed E-state index contributed by atoms with van der Waals surface area (Å²) in [4.78, 5) is 14.2. The number of morpholine rings is 1. The molecule has 0 saturated carbocycles. The third-order valence-electron chi connectivity index (χ3n) is 5.17. The molecule has 2 fully saturated rings. The van der Waals surface area contributed by atoms with E-state index in [-0.39, 0.29) is 18.1 Å². The number of hydrogen-bond acceptors (Lipinski definition) is 4. The van der Waals surface area contributed by atoms with Crippen molar-refractivity contribution in [2.24, 2.45) is 0 Å². The molecular weight excluding hydrogens is 402 g/mol. The molecule has 2 atom stereocenters. The number of rotatable bonds is 5. The second-order valence-electron chi connectivity index (χ2n) is 7.49. The minimum atomic E-state index is -3.52. The van der Waals surface area contributed by atoms with E-state index in [0.29, 0.717) is 57.1 Å². The van der Waals surface area contributed by atoms with Gasteiger partial charge in [-0.1, -0.05) is 23.7 Å². The fourth-order valence-electron chi connectivity index (χ4n) is 3.71. The van der Waals surface area contributed by atoms with Gasteiger partial charge in [0.15, 0.2) is 0 Å². The van der Waals surface area contributed by atoms with Crippen LogP contribution in [0.2, 0.25) is 5.02 Å². The molecule has 1 aromatic carbocycles. The van der Waals surface area contributed by atoms with Crippen LogP contribution in [0.25, 0.3) is 0 Å². The van der Waals surface area contributed by atoms with Crippen molar-refractivity contribution in [3.8, 4) is 0 Å². The number of piperazine rings is 1. The number of ether oxygens (including phenoxy) is 1. The van der Waals surface area contributed by atoms with Crippen molar-refractivity contribution in [2.75, 3.05) is 39.3 Å². The highest BCUT2D eigenvalue weighted by molar-refractivity contribution is 7.86. The molecule has 0 radical (unpaired) electrons. The van der Waals surface area contributed by atoms with Gasteiger partial charge in [-0.3, -0.25) is 4.79 Å². The van der Waals surface area contributed by atoms with Gasteiger partial charge in [0, 0.05) is 50.7 Å². The fraction of sp³-hybridized carbons (Fsp3) is 0.632. The smallest absolute Gasteiger partial charge is 0.282 e. The highest BCUT2D eigenvalue weighted by Gasteiger charge is 2.37. The van der Waals surface area contributed by atoms with Crippen LogP contribution in [0.4, 0.5) is 0 Å². The van der Waals surface area contributed by atoms with Crippen molar-refractivity contribution in [2.45, 2.75) is 38.9 Å². The van der Waals surface area contributed by atoms with Gasteiger partial charge in [0.25, 0.3) is 10.2 Å². The molecule has 9 heteroatoms. The number of carbonyl (C=O) groups is 1. The van der Waals surface area contributed by atoms with Crippen LogP contribution >= 0.6 is 11.6 Å². The lowest BCUT2D eigenvalue weighted by Crippen LogP contribution is -2.57. The maximum Gasteiger partial charge on any atom is 0.282 e. The molecule has 3 rings (SSSR count). The highest BCUT2D eigenvalue weighted by Crippen LogP contribution is 2.19. The van der Waals surface area contributed by atoms with Crippen LogP contribution in [0.15, 0.2) is 24.3 Å². The van der Waals surface area contributed by atoms with E-state index < -0.39 is 10.2 Å². The molecule has 28 heavy (non-hydrogen) atoms. The van der Waals surface area contributed by atoms with Crippen molar-refractivity contribution >= 4 is 27.7 Å². The normalized spacial score (nSPS) is 25.0. The molecule has 2 heterocycles. The zero-order chi connectivity index (χ0) is 20.3. The predicted molar refractivity (Wildman–Crippen MR) is 108 cm³/mol. The van der Waals surface area contributed by atoms with Crippen molar-refractivity contribution in [3.63, 3.8) is 0 Å². The number of carbonyl (C=O) groups excluding carboxylic acids is 1. The van der Waals surface area contributed by atoms with Gasteiger partial charge in [0.05, 0.1) is 12.2 Å². The summed E-state index contributed by atoms with van der Waals surface area (Å²) < 4.78 is 34.5. The van der Waals surface area contributed by atoms with Gasteiger partial charge in [-0.25, -0.2) is 0 Å². The van der Waals surface area contributed by atoms with Crippen LogP contribution in [0.3, 0.4) is 0 Å². The average molecular weight is 430 g/mol. The first kappa shape index (κ1) is 21.5. The largest absolute Gasteiger partial charge is 0.373 e. The van der Waals surface area contributed by atoms with Crippen LogP contribution in [0.1, 0.15) is 25.8 Å². The summed E-state index contributed by atoms with van der Waals surface area (Å²) in [7, 11) is -3.52. The second-order valence-corrected chi connectivity index (χ2v) is 9.85. The quantitative estimate of drug-likeness (QED) is 0.715. The van der Waals surface area contributed by atoms with Crippen molar-refractivity contribution < 1.29 is 17.9 Å². The number of aryl methyl sites for hydroxylation is 1. The minimum Gasteiger partial charge on any atom is -0.373 e. The second kappa shape index (κ2) is 9.09. The number of nitrogens with zero attached hydrogens (tertiary/aromatic N) is 3. The predicted octanol–water partition coefficient (Wildman–Crippen LogP) is 1.77. The molecule has 0 unspecified atom stereocenters. The lowest BCUT2D eigenvalue weighted by atomic mass is 10.1. The molecule has 2 saturated heterocycles. The van der Waals surface area contributed by atoms with E-state index in [2.05, 4.69) is 0 Å². The first-order valence-electron chi connectivity index (χ1n) is 9.68. The maximum atomic E-state index is 12.9. The summed E-state index contributed by atoms with van der Waals surface area (Å²) in [5, 5.41) is 0.677. The van der Waals surface area contributed by atoms with E-state index in [9.17, 15) is 13.2 Å². The molecular formula is C19H28ClN3O4S. The summed E-state index contributed by atoms with van der Waals surface area (Å²) in [6.45, 7) is 6.01. The molecule has 0 aliphatic carbocycles. The number of halogens is 1. The molecule has 2 aliphatic rings. The lowest BCUT2D eigenvalue weighted by Gasteiger charge is -2.40. The number of amides is 1. The zero-order valence-corrected chi connectivity index (χ0v) is 18.0. The number of hydrogen-bond donors (Lipinski definition) is 0. The van der Waals surface area contributed by atoms with Gasteiger partial charge in [-0.2, -0.15) is 17.0 Å². The monoisotopic (exact) mass is 429 g/mol. The van der Waals surface area contributed by atoms with E-state index in [1.807, 2.05) is 38.1 Å². The third kappa shape index (κ3) is 5.24. The molecule has 0 spiro atoms.